The number of hydrogen-bond donors (Lipinski definition) is 2. The first-order valence-electron chi connectivity index (χ1n) is 17.2. The number of aryl methyl sites for hydroxylation is 1. The van der Waals surface area contributed by atoms with Crippen LogP contribution in [0.25, 0.3) is 22.3 Å². The van der Waals surface area contributed by atoms with Crippen molar-refractivity contribution in [3.05, 3.63) is 118 Å². The summed E-state index contributed by atoms with van der Waals surface area (Å²) in [6.45, 7) is 0.623. The van der Waals surface area contributed by atoms with Gasteiger partial charge in [-0.1, -0.05) is 24.3 Å². The van der Waals surface area contributed by atoms with E-state index in [0.717, 1.165) is 11.6 Å². The van der Waals surface area contributed by atoms with E-state index >= 15 is 17.6 Å². The summed E-state index contributed by atoms with van der Waals surface area (Å²) in [5.74, 6) is -6.41. The first kappa shape index (κ1) is 34.3. The molecule has 53 heavy (non-hydrogen) atoms. The van der Waals surface area contributed by atoms with Gasteiger partial charge in [-0.05, 0) is 79.6 Å². The minimum absolute atomic E-state index is 0.00840. The Balaban J connectivity index is 1.28. The molecule has 1 aliphatic carbocycles. The molecule has 0 spiro atoms. The number of carboxylic acids is 1. The molecular weight excluding hydrogens is 692 g/mol. The number of alkyl halides is 2. The highest BCUT2D eigenvalue weighted by atomic mass is 19.3. The van der Waals surface area contributed by atoms with Crippen LogP contribution in [-0.4, -0.2) is 58.9 Å². The second-order valence-corrected chi connectivity index (χ2v) is 14.3. The number of rotatable bonds is 4. The van der Waals surface area contributed by atoms with Crippen LogP contribution in [0.15, 0.2) is 73.1 Å². The number of fused-ring (bicyclic) bond motifs is 10. The van der Waals surface area contributed by atoms with Crippen LogP contribution in [0.1, 0.15) is 71.0 Å². The molecule has 8 rings (SSSR count). The number of H-pyrrole nitrogens is 1. The second kappa shape index (κ2) is 12.4. The maximum absolute atomic E-state index is 15.9. The Hall–Kier alpha value is -5.79. The molecule has 6 aromatic rings. The summed E-state index contributed by atoms with van der Waals surface area (Å²) in [6.07, 6.45) is 3.63. The Labute approximate surface area is 300 Å². The first-order chi connectivity index (χ1) is 25.2. The number of aliphatic carboxylic acids is 1. The van der Waals surface area contributed by atoms with E-state index in [-0.39, 0.29) is 59.2 Å². The number of benzene rings is 3. The molecule has 3 aromatic carbocycles. The Morgan fingerprint density at radius 2 is 1.81 bits per heavy atom. The maximum Gasteiger partial charge on any atom is 0.309 e. The topological polar surface area (TPSA) is 128 Å². The van der Waals surface area contributed by atoms with Crippen LogP contribution in [0.4, 0.5) is 17.6 Å². The third-order valence-electron chi connectivity index (χ3n) is 10.6. The van der Waals surface area contributed by atoms with Crippen LogP contribution >= 0.6 is 0 Å². The molecule has 2 aliphatic rings. The fraction of sp³-hybridized carbons (Fsp3) is 0.308. The predicted octanol–water partition coefficient (Wildman–Crippen LogP) is 7.24. The molecule has 1 fully saturated rings. The van der Waals surface area contributed by atoms with Gasteiger partial charge in [-0.3, -0.25) is 14.3 Å². The summed E-state index contributed by atoms with van der Waals surface area (Å²) in [5, 5.41) is 19.3. The summed E-state index contributed by atoms with van der Waals surface area (Å²) in [4.78, 5) is 33.8. The molecule has 3 aromatic heterocycles. The molecule has 10 nitrogen and oxygen atoms in total. The molecule has 0 amide bonds. The SMILES string of the molecule is Cn1nc2nc1-c1cc(ccc1F)C(=O)c1c(F)cc3[nH]ccc3c1Cn1ccc(n1)OCC(F)(F)CCC2(C)c1cccc(CC2(C(=O)O)CC2)c1. The van der Waals surface area contributed by atoms with Crippen molar-refractivity contribution in [1.82, 2.24) is 29.5 Å². The van der Waals surface area contributed by atoms with Crippen LogP contribution in [-0.2, 0) is 30.2 Å². The van der Waals surface area contributed by atoms with Crippen LogP contribution in [0, 0.1) is 17.0 Å². The summed E-state index contributed by atoms with van der Waals surface area (Å²) in [7, 11) is 1.53. The molecule has 272 valence electrons. The molecule has 2 N–H and O–H groups in total. The lowest BCUT2D eigenvalue weighted by Crippen LogP contribution is -2.32. The van der Waals surface area contributed by atoms with Crippen molar-refractivity contribution >= 4 is 22.7 Å². The molecule has 0 saturated heterocycles. The molecular formula is C39H34F4N6O4. The van der Waals surface area contributed by atoms with Gasteiger partial charge in [-0.2, -0.15) is 5.10 Å². The Morgan fingerprint density at radius 3 is 2.58 bits per heavy atom. The zero-order valence-electron chi connectivity index (χ0n) is 28.8. The van der Waals surface area contributed by atoms with Gasteiger partial charge in [0.2, 0.25) is 5.88 Å². The number of hydrogen-bond acceptors (Lipinski definition) is 6. The molecule has 0 radical (unpaired) electrons. The molecule has 1 aliphatic heterocycles. The Kier molecular flexibility index (Phi) is 8.04. The van der Waals surface area contributed by atoms with Gasteiger partial charge < -0.3 is 14.8 Å². The minimum Gasteiger partial charge on any atom is -0.481 e. The van der Waals surface area contributed by atoms with Crippen LogP contribution in [0.3, 0.4) is 0 Å². The lowest BCUT2D eigenvalue weighted by atomic mass is 9.76. The average Bonchev–Trinajstić information content (AvgIpc) is 3.41. The van der Waals surface area contributed by atoms with Crippen molar-refractivity contribution in [3.8, 4) is 17.3 Å². The van der Waals surface area contributed by atoms with E-state index in [9.17, 15) is 14.7 Å². The van der Waals surface area contributed by atoms with Crippen molar-refractivity contribution in [2.45, 2.75) is 56.9 Å². The lowest BCUT2D eigenvalue weighted by molar-refractivity contribution is -0.143. The standard InChI is InChI=1S/C39H34F4N6O4/c1-37(24-5-3-4-22(16-24)19-38(11-12-38)36(51)52)10-13-39(42,43)21-53-31-9-15-49(46-31)20-27-25-8-14-44-30(25)18-29(41)32(27)33(50)23-6-7-28(40)26(17-23)34-45-35(37)47-48(34)2/h3-9,14-18,44H,10-13,19-21H2,1-2H3,(H,51,52). The summed E-state index contributed by atoms with van der Waals surface area (Å²) >= 11 is 0. The van der Waals surface area contributed by atoms with Gasteiger partial charge in [0.15, 0.2) is 24.0 Å². The first-order valence-corrected chi connectivity index (χ1v) is 17.2. The molecule has 1 unspecified atom stereocenters. The summed E-state index contributed by atoms with van der Waals surface area (Å²) in [6, 6.07) is 15.1. The van der Waals surface area contributed by atoms with Crippen molar-refractivity contribution < 1.29 is 37.0 Å². The number of aromatic amines is 1. The number of halogens is 4. The van der Waals surface area contributed by atoms with Crippen LogP contribution in [0.5, 0.6) is 5.88 Å². The highest BCUT2D eigenvalue weighted by Crippen LogP contribution is 2.49. The highest BCUT2D eigenvalue weighted by Gasteiger charge is 2.50. The number of ether oxygens (including phenoxy) is 1. The van der Waals surface area contributed by atoms with Crippen LogP contribution in [0.2, 0.25) is 0 Å². The number of carbonyl (C=O) groups is 2. The normalized spacial score (nSPS) is 19.5. The predicted molar refractivity (Wildman–Crippen MR) is 185 cm³/mol. The zero-order chi connectivity index (χ0) is 37.3. The van der Waals surface area contributed by atoms with E-state index in [1.807, 2.05) is 0 Å². The fourth-order valence-corrected chi connectivity index (χ4v) is 7.26. The van der Waals surface area contributed by atoms with Gasteiger partial charge in [-0.25, -0.2) is 27.2 Å². The van der Waals surface area contributed by atoms with Crippen molar-refractivity contribution in [2.75, 3.05) is 6.61 Å². The number of carbonyl (C=O) groups excluding carboxylic acids is 1. The van der Waals surface area contributed by atoms with Gasteiger partial charge in [0, 0.05) is 48.4 Å². The summed E-state index contributed by atoms with van der Waals surface area (Å²) < 4.78 is 71.2. The Morgan fingerprint density at radius 1 is 1.00 bits per heavy atom. The quantitative estimate of drug-likeness (QED) is 0.184. The molecule has 1 saturated carbocycles. The van der Waals surface area contributed by atoms with Crippen molar-refractivity contribution in [3.63, 3.8) is 0 Å². The fourth-order valence-electron chi connectivity index (χ4n) is 7.26. The van der Waals surface area contributed by atoms with Crippen LogP contribution < -0.4 is 4.74 Å². The summed E-state index contributed by atoms with van der Waals surface area (Å²) in [5.41, 5.74) is -0.470. The van der Waals surface area contributed by atoms with Gasteiger partial charge in [0.25, 0.3) is 5.92 Å². The third-order valence-corrected chi connectivity index (χ3v) is 10.6. The van der Waals surface area contributed by atoms with E-state index in [0.29, 0.717) is 29.3 Å². The number of nitrogens with zero attached hydrogens (tertiary/aromatic N) is 5. The molecule has 4 heterocycles. The second-order valence-electron chi connectivity index (χ2n) is 14.3. The molecule has 1 atom stereocenters. The average molecular weight is 727 g/mol. The number of carboxylic acid groups (broad SMARTS) is 1. The van der Waals surface area contributed by atoms with E-state index in [2.05, 4.69) is 15.2 Å². The Bertz CT molecular complexity index is 2430. The number of nitrogens with one attached hydrogen (secondary N) is 1. The van der Waals surface area contributed by atoms with E-state index in [4.69, 9.17) is 9.72 Å². The number of ketones is 1. The van der Waals surface area contributed by atoms with Gasteiger partial charge >= 0.3 is 5.97 Å². The van der Waals surface area contributed by atoms with E-state index < -0.39 is 53.2 Å². The van der Waals surface area contributed by atoms with Crippen molar-refractivity contribution in [2.24, 2.45) is 12.5 Å². The van der Waals surface area contributed by atoms with E-state index in [1.54, 1.807) is 43.5 Å². The van der Waals surface area contributed by atoms with Gasteiger partial charge in [-0.15, -0.1) is 5.10 Å². The molecule has 6 bridgehead atoms. The van der Waals surface area contributed by atoms with E-state index in [1.165, 1.54) is 46.9 Å². The lowest BCUT2D eigenvalue weighted by Gasteiger charge is -2.30. The maximum atomic E-state index is 15.9. The monoisotopic (exact) mass is 726 g/mol. The number of aromatic nitrogens is 6. The minimum atomic E-state index is -3.34. The smallest absolute Gasteiger partial charge is 0.309 e. The largest absolute Gasteiger partial charge is 0.481 e. The molecule has 14 heteroatoms. The highest BCUT2D eigenvalue weighted by molar-refractivity contribution is 6.12. The van der Waals surface area contributed by atoms with Gasteiger partial charge in [0.1, 0.15) is 11.6 Å². The zero-order valence-corrected chi connectivity index (χ0v) is 28.8. The third kappa shape index (κ3) is 6.15. The van der Waals surface area contributed by atoms with Crippen molar-refractivity contribution in [1.29, 1.82) is 0 Å². The van der Waals surface area contributed by atoms with Gasteiger partial charge in [0.05, 0.1) is 28.5 Å².